The normalized spacial score (nSPS) is 20.5. The van der Waals surface area contributed by atoms with Crippen LogP contribution in [0, 0.1) is 11.7 Å². The first-order valence-electron chi connectivity index (χ1n) is 8.71. The van der Waals surface area contributed by atoms with Gasteiger partial charge in [0, 0.05) is 25.6 Å². The minimum Gasteiger partial charge on any atom is -0.353 e. The van der Waals surface area contributed by atoms with Crippen LogP contribution in [0.1, 0.15) is 38.5 Å². The minimum atomic E-state index is -0.434. The number of amides is 3. The first-order valence-corrected chi connectivity index (χ1v) is 8.71. The van der Waals surface area contributed by atoms with Gasteiger partial charge in [-0.3, -0.25) is 4.79 Å². The summed E-state index contributed by atoms with van der Waals surface area (Å²) in [5.74, 6) is 0.0108. The molecule has 0 radical (unpaired) electrons. The topological polar surface area (TPSA) is 61.4 Å². The molecule has 24 heavy (non-hydrogen) atoms. The summed E-state index contributed by atoms with van der Waals surface area (Å²) in [6.45, 7) is 1.29. The van der Waals surface area contributed by atoms with Crippen LogP contribution in [0.25, 0.3) is 0 Å². The highest BCUT2D eigenvalue weighted by Crippen LogP contribution is 2.23. The van der Waals surface area contributed by atoms with E-state index < -0.39 is 5.82 Å². The van der Waals surface area contributed by atoms with Crippen molar-refractivity contribution in [2.24, 2.45) is 5.92 Å². The van der Waals surface area contributed by atoms with Crippen LogP contribution in [-0.2, 0) is 4.79 Å². The van der Waals surface area contributed by atoms with Gasteiger partial charge >= 0.3 is 6.03 Å². The number of nitrogens with one attached hydrogen (secondary N) is 2. The second-order valence-corrected chi connectivity index (χ2v) is 6.74. The Kier molecular flexibility index (Phi) is 5.33. The van der Waals surface area contributed by atoms with Gasteiger partial charge in [-0.1, -0.05) is 12.1 Å². The van der Waals surface area contributed by atoms with E-state index in [0.29, 0.717) is 31.5 Å². The van der Waals surface area contributed by atoms with Gasteiger partial charge in [0.1, 0.15) is 5.82 Å². The van der Waals surface area contributed by atoms with E-state index in [1.807, 2.05) is 0 Å². The zero-order valence-corrected chi connectivity index (χ0v) is 13.8. The highest BCUT2D eigenvalue weighted by molar-refractivity contribution is 5.89. The van der Waals surface area contributed by atoms with Crippen molar-refractivity contribution in [3.63, 3.8) is 0 Å². The maximum atomic E-state index is 13.6. The molecular formula is C18H24FN3O2. The number of rotatable bonds is 5. The molecule has 2 aliphatic rings. The predicted octanol–water partition coefficient (Wildman–Crippen LogP) is 3.13. The Morgan fingerprint density at radius 1 is 1.21 bits per heavy atom. The van der Waals surface area contributed by atoms with E-state index in [0.717, 1.165) is 32.1 Å². The van der Waals surface area contributed by atoms with E-state index >= 15 is 0 Å². The fourth-order valence-corrected chi connectivity index (χ4v) is 3.10. The molecule has 1 aliphatic heterocycles. The summed E-state index contributed by atoms with van der Waals surface area (Å²) in [6.07, 6.45) is 5.45. The molecule has 0 aromatic heterocycles. The summed E-state index contributed by atoms with van der Waals surface area (Å²) in [6, 6.07) is 6.29. The fraction of sp³-hybridized carbons (Fsp3) is 0.556. The molecular weight excluding hydrogens is 309 g/mol. The molecule has 2 fully saturated rings. The maximum absolute atomic E-state index is 13.6. The average molecular weight is 333 g/mol. The molecule has 3 rings (SSSR count). The zero-order valence-electron chi connectivity index (χ0n) is 13.8. The second kappa shape index (κ2) is 7.64. The molecule has 3 amide bonds. The predicted molar refractivity (Wildman–Crippen MR) is 90.1 cm³/mol. The number of para-hydroxylation sites is 1. The molecule has 0 spiro atoms. The largest absolute Gasteiger partial charge is 0.353 e. The highest BCUT2D eigenvalue weighted by atomic mass is 19.1. The third kappa shape index (κ3) is 4.69. The summed E-state index contributed by atoms with van der Waals surface area (Å²) < 4.78 is 13.6. The molecule has 1 atom stereocenters. The summed E-state index contributed by atoms with van der Waals surface area (Å²) in [7, 11) is 0. The van der Waals surface area contributed by atoms with Crippen molar-refractivity contribution < 1.29 is 14.0 Å². The number of carbonyl (C=O) groups is 2. The van der Waals surface area contributed by atoms with E-state index in [1.165, 1.54) is 6.07 Å². The highest BCUT2D eigenvalue weighted by Gasteiger charge is 2.26. The molecule has 6 heteroatoms. The van der Waals surface area contributed by atoms with Gasteiger partial charge in [0.25, 0.3) is 0 Å². The number of piperidine rings is 1. The smallest absolute Gasteiger partial charge is 0.321 e. The minimum absolute atomic E-state index is 0.116. The van der Waals surface area contributed by atoms with Crippen molar-refractivity contribution in [2.75, 3.05) is 18.4 Å². The molecule has 2 N–H and O–H groups in total. The van der Waals surface area contributed by atoms with Crippen LogP contribution in [-0.4, -0.2) is 36.0 Å². The van der Waals surface area contributed by atoms with Crippen LogP contribution >= 0.6 is 0 Å². The van der Waals surface area contributed by atoms with Crippen molar-refractivity contribution in [2.45, 2.75) is 44.6 Å². The fourth-order valence-electron chi connectivity index (χ4n) is 3.10. The van der Waals surface area contributed by atoms with Crippen molar-refractivity contribution >= 4 is 17.6 Å². The maximum Gasteiger partial charge on any atom is 0.321 e. The van der Waals surface area contributed by atoms with E-state index in [1.54, 1.807) is 23.1 Å². The van der Waals surface area contributed by atoms with E-state index in [4.69, 9.17) is 0 Å². The Morgan fingerprint density at radius 3 is 2.75 bits per heavy atom. The number of anilines is 1. The summed E-state index contributed by atoms with van der Waals surface area (Å²) in [4.78, 5) is 25.8. The van der Waals surface area contributed by atoms with Gasteiger partial charge in [0.2, 0.25) is 5.91 Å². The monoisotopic (exact) mass is 333 g/mol. The van der Waals surface area contributed by atoms with Crippen molar-refractivity contribution in [3.8, 4) is 0 Å². The van der Waals surface area contributed by atoms with Crippen LogP contribution in [0.3, 0.4) is 0 Å². The number of hydrogen-bond donors (Lipinski definition) is 2. The number of nitrogens with zero attached hydrogens (tertiary/aromatic N) is 1. The number of benzene rings is 1. The third-order valence-electron chi connectivity index (χ3n) is 4.64. The zero-order chi connectivity index (χ0) is 16.9. The summed E-state index contributed by atoms with van der Waals surface area (Å²) in [5.41, 5.74) is 0.202. The Balaban J connectivity index is 1.46. The van der Waals surface area contributed by atoms with Gasteiger partial charge in [0.05, 0.1) is 5.69 Å². The van der Waals surface area contributed by atoms with Gasteiger partial charge in [0.15, 0.2) is 0 Å². The average Bonchev–Trinajstić information content (AvgIpc) is 3.39. The summed E-state index contributed by atoms with van der Waals surface area (Å²) >= 11 is 0. The molecule has 1 saturated heterocycles. The van der Waals surface area contributed by atoms with Crippen LogP contribution in [0.15, 0.2) is 24.3 Å². The van der Waals surface area contributed by atoms with Crippen LogP contribution in [0.2, 0.25) is 0 Å². The molecule has 5 nitrogen and oxygen atoms in total. The van der Waals surface area contributed by atoms with Crippen molar-refractivity contribution in [3.05, 3.63) is 30.1 Å². The molecule has 1 heterocycles. The lowest BCUT2D eigenvalue weighted by Crippen LogP contribution is -2.42. The SMILES string of the molecule is O=C(CC[C@H]1CCCN(C(=O)Nc2ccccc2F)C1)NC1CC1. The molecule has 1 aromatic rings. The Bertz CT molecular complexity index is 604. The Labute approximate surface area is 141 Å². The van der Waals surface area contributed by atoms with E-state index in [2.05, 4.69) is 10.6 Å². The Hall–Kier alpha value is -2.11. The third-order valence-corrected chi connectivity index (χ3v) is 4.64. The standard InChI is InChI=1S/C18H24FN3O2/c19-15-5-1-2-6-16(15)21-18(24)22-11-3-4-13(12-22)7-10-17(23)20-14-8-9-14/h1-2,5-6,13-14H,3-4,7-12H2,(H,20,23)(H,21,24)/t13-/m1/s1. The van der Waals surface area contributed by atoms with Crippen LogP contribution in [0.4, 0.5) is 14.9 Å². The number of carbonyl (C=O) groups excluding carboxylic acids is 2. The Morgan fingerprint density at radius 2 is 2.00 bits per heavy atom. The van der Waals surface area contributed by atoms with Gasteiger partial charge in [-0.25, -0.2) is 9.18 Å². The van der Waals surface area contributed by atoms with Crippen LogP contribution in [0.5, 0.6) is 0 Å². The lowest BCUT2D eigenvalue weighted by Gasteiger charge is -2.32. The molecule has 1 aliphatic carbocycles. The number of hydrogen-bond acceptors (Lipinski definition) is 2. The number of urea groups is 1. The van der Waals surface area contributed by atoms with E-state index in [-0.39, 0.29) is 17.6 Å². The summed E-state index contributed by atoms with van der Waals surface area (Å²) in [5, 5.41) is 5.63. The van der Waals surface area contributed by atoms with Gasteiger partial charge < -0.3 is 15.5 Å². The first kappa shape index (κ1) is 16.7. The van der Waals surface area contributed by atoms with E-state index in [9.17, 15) is 14.0 Å². The molecule has 0 bridgehead atoms. The first-order chi connectivity index (χ1) is 11.6. The molecule has 1 aromatic carbocycles. The van der Waals surface area contributed by atoms with Gasteiger partial charge in [-0.2, -0.15) is 0 Å². The lowest BCUT2D eigenvalue weighted by molar-refractivity contribution is -0.121. The molecule has 1 saturated carbocycles. The van der Waals surface area contributed by atoms with Crippen molar-refractivity contribution in [1.82, 2.24) is 10.2 Å². The quantitative estimate of drug-likeness (QED) is 0.870. The lowest BCUT2D eigenvalue weighted by atomic mass is 9.93. The number of halogens is 1. The number of likely N-dealkylation sites (tertiary alicyclic amines) is 1. The van der Waals surface area contributed by atoms with Gasteiger partial charge in [-0.05, 0) is 50.2 Å². The van der Waals surface area contributed by atoms with Crippen LogP contribution < -0.4 is 10.6 Å². The molecule has 0 unspecified atom stereocenters. The second-order valence-electron chi connectivity index (χ2n) is 6.74. The molecule has 130 valence electrons. The van der Waals surface area contributed by atoms with Gasteiger partial charge in [-0.15, -0.1) is 0 Å². The van der Waals surface area contributed by atoms with Crippen molar-refractivity contribution in [1.29, 1.82) is 0 Å².